The molecule has 0 aliphatic carbocycles. The minimum absolute atomic E-state index is 0.759. The molecule has 0 fully saturated rings. The number of hydrogen-bond acceptors (Lipinski definition) is 3. The maximum Gasteiger partial charge on any atom is 0.0731 e. The lowest BCUT2D eigenvalue weighted by atomic mass is 10.1. The Hall–Kier alpha value is -2.55. The van der Waals surface area contributed by atoms with E-state index in [9.17, 15) is 0 Å². The molecule has 3 nitrogen and oxygen atoms in total. The Labute approximate surface area is 118 Å². The molecule has 0 bridgehead atoms. The molecular weight excluding hydrogens is 246 g/mol. The molecule has 0 radical (unpaired) electrons. The Morgan fingerprint density at radius 3 is 2.40 bits per heavy atom. The van der Waals surface area contributed by atoms with Crippen molar-refractivity contribution < 1.29 is 0 Å². The molecule has 1 aromatic heterocycles. The average molecular weight is 263 g/mol. The lowest BCUT2D eigenvalue weighted by Crippen LogP contribution is -2.10. The minimum Gasteiger partial charge on any atom is -0.399 e. The van der Waals surface area contributed by atoms with Gasteiger partial charge in [0.2, 0.25) is 0 Å². The van der Waals surface area contributed by atoms with Crippen molar-refractivity contribution in [2.75, 3.05) is 24.7 Å². The fourth-order valence-electron chi connectivity index (χ4n) is 2.35. The normalized spacial score (nSPS) is 10.7. The summed E-state index contributed by atoms with van der Waals surface area (Å²) in [5, 5.41) is 1.08. The fraction of sp³-hybridized carbons (Fsp3) is 0.118. The molecule has 1 heterocycles. The van der Waals surface area contributed by atoms with Gasteiger partial charge in [0.15, 0.2) is 0 Å². The van der Waals surface area contributed by atoms with Crippen LogP contribution in [-0.2, 0) is 0 Å². The molecule has 100 valence electrons. The second kappa shape index (κ2) is 4.85. The highest BCUT2D eigenvalue weighted by molar-refractivity contribution is 5.95. The largest absolute Gasteiger partial charge is 0.399 e. The SMILES string of the molecule is CN(C)c1cc(-c2ccccc2)nc2ccc(N)cc12. The fourth-order valence-corrected chi connectivity index (χ4v) is 2.35. The summed E-state index contributed by atoms with van der Waals surface area (Å²) in [6.45, 7) is 0. The van der Waals surface area contributed by atoms with Crippen molar-refractivity contribution in [2.45, 2.75) is 0 Å². The van der Waals surface area contributed by atoms with E-state index < -0.39 is 0 Å². The van der Waals surface area contributed by atoms with Crippen LogP contribution in [0.1, 0.15) is 0 Å². The van der Waals surface area contributed by atoms with Gasteiger partial charge in [-0.1, -0.05) is 30.3 Å². The smallest absolute Gasteiger partial charge is 0.0731 e. The maximum atomic E-state index is 5.90. The van der Waals surface area contributed by atoms with Crippen LogP contribution < -0.4 is 10.6 Å². The number of nitrogens with zero attached hydrogens (tertiary/aromatic N) is 2. The summed E-state index contributed by atoms with van der Waals surface area (Å²) in [7, 11) is 4.07. The molecule has 20 heavy (non-hydrogen) atoms. The van der Waals surface area contributed by atoms with Gasteiger partial charge in [-0.05, 0) is 24.3 Å². The molecule has 3 heteroatoms. The van der Waals surface area contributed by atoms with Crippen LogP contribution in [0.5, 0.6) is 0 Å². The van der Waals surface area contributed by atoms with E-state index in [0.29, 0.717) is 0 Å². The number of nitrogens with two attached hydrogens (primary N) is 1. The summed E-state index contributed by atoms with van der Waals surface area (Å²) in [5.74, 6) is 0. The first kappa shape index (κ1) is 12.5. The second-order valence-electron chi connectivity index (χ2n) is 5.06. The second-order valence-corrected chi connectivity index (χ2v) is 5.06. The summed E-state index contributed by atoms with van der Waals surface area (Å²) in [4.78, 5) is 6.84. The van der Waals surface area contributed by atoms with Crippen molar-refractivity contribution in [2.24, 2.45) is 0 Å². The van der Waals surface area contributed by atoms with Gasteiger partial charge in [0.25, 0.3) is 0 Å². The Bertz CT molecular complexity index is 749. The summed E-state index contributed by atoms with van der Waals surface area (Å²) in [5.41, 5.74) is 10.8. The van der Waals surface area contributed by atoms with Crippen molar-refractivity contribution in [3.63, 3.8) is 0 Å². The number of anilines is 2. The monoisotopic (exact) mass is 263 g/mol. The number of fused-ring (bicyclic) bond motifs is 1. The number of benzene rings is 2. The summed E-state index contributed by atoms with van der Waals surface area (Å²) >= 11 is 0. The van der Waals surface area contributed by atoms with Gasteiger partial charge in [-0.15, -0.1) is 0 Å². The predicted octanol–water partition coefficient (Wildman–Crippen LogP) is 3.55. The standard InChI is InChI=1S/C17H17N3/c1-20(2)17-11-16(12-6-4-3-5-7-12)19-15-9-8-13(18)10-14(15)17/h3-11H,18H2,1-2H3. The molecule has 0 amide bonds. The quantitative estimate of drug-likeness (QED) is 0.719. The van der Waals surface area contributed by atoms with Crippen LogP contribution >= 0.6 is 0 Å². The minimum atomic E-state index is 0.759. The van der Waals surface area contributed by atoms with Crippen LogP contribution in [0, 0.1) is 0 Å². The third kappa shape index (κ3) is 2.18. The number of rotatable bonds is 2. The average Bonchev–Trinajstić information content (AvgIpc) is 2.47. The number of nitrogen functional groups attached to an aromatic ring is 1. The molecule has 0 aliphatic rings. The zero-order valence-electron chi connectivity index (χ0n) is 11.7. The van der Waals surface area contributed by atoms with Crippen LogP contribution in [0.25, 0.3) is 22.2 Å². The van der Waals surface area contributed by atoms with E-state index in [2.05, 4.69) is 23.1 Å². The lowest BCUT2D eigenvalue weighted by molar-refractivity contribution is 1.14. The van der Waals surface area contributed by atoms with E-state index in [0.717, 1.165) is 33.5 Å². The summed E-state index contributed by atoms with van der Waals surface area (Å²) in [6.07, 6.45) is 0. The van der Waals surface area contributed by atoms with Gasteiger partial charge in [-0.2, -0.15) is 0 Å². The molecule has 2 N–H and O–H groups in total. The van der Waals surface area contributed by atoms with E-state index in [-0.39, 0.29) is 0 Å². The van der Waals surface area contributed by atoms with Crippen LogP contribution in [0.15, 0.2) is 54.6 Å². The number of aromatic nitrogens is 1. The van der Waals surface area contributed by atoms with E-state index >= 15 is 0 Å². The topological polar surface area (TPSA) is 42.2 Å². The first-order valence-electron chi connectivity index (χ1n) is 6.58. The summed E-state index contributed by atoms with van der Waals surface area (Å²) < 4.78 is 0. The Morgan fingerprint density at radius 2 is 1.70 bits per heavy atom. The van der Waals surface area contributed by atoms with Gasteiger partial charge in [0.05, 0.1) is 11.2 Å². The van der Waals surface area contributed by atoms with E-state index in [1.807, 2.05) is 50.5 Å². The molecule has 0 atom stereocenters. The molecule has 0 saturated heterocycles. The maximum absolute atomic E-state index is 5.90. The van der Waals surface area contributed by atoms with Crippen LogP contribution in [0.3, 0.4) is 0 Å². The van der Waals surface area contributed by atoms with Crippen molar-refractivity contribution >= 4 is 22.3 Å². The Balaban J connectivity index is 2.29. The molecule has 3 rings (SSSR count). The first-order chi connectivity index (χ1) is 9.65. The third-order valence-electron chi connectivity index (χ3n) is 3.36. The van der Waals surface area contributed by atoms with Crippen LogP contribution in [0.2, 0.25) is 0 Å². The Morgan fingerprint density at radius 1 is 0.950 bits per heavy atom. The van der Waals surface area contributed by atoms with Gasteiger partial charge in [-0.3, -0.25) is 0 Å². The number of hydrogen-bond donors (Lipinski definition) is 1. The highest BCUT2D eigenvalue weighted by Crippen LogP contribution is 2.30. The molecule has 0 saturated carbocycles. The van der Waals surface area contributed by atoms with Crippen LogP contribution in [-0.4, -0.2) is 19.1 Å². The zero-order valence-corrected chi connectivity index (χ0v) is 11.7. The van der Waals surface area contributed by atoms with Crippen molar-refractivity contribution in [3.8, 4) is 11.3 Å². The van der Waals surface area contributed by atoms with Gasteiger partial charge >= 0.3 is 0 Å². The molecule has 0 aliphatic heterocycles. The van der Waals surface area contributed by atoms with Gasteiger partial charge < -0.3 is 10.6 Å². The van der Waals surface area contributed by atoms with Crippen molar-refractivity contribution in [1.29, 1.82) is 0 Å². The Kier molecular flexibility index (Phi) is 3.03. The molecular formula is C17H17N3. The van der Waals surface area contributed by atoms with E-state index in [1.165, 1.54) is 0 Å². The third-order valence-corrected chi connectivity index (χ3v) is 3.36. The first-order valence-corrected chi connectivity index (χ1v) is 6.58. The highest BCUT2D eigenvalue weighted by atomic mass is 15.1. The van der Waals surface area contributed by atoms with E-state index in [1.54, 1.807) is 0 Å². The molecule has 3 aromatic rings. The highest BCUT2D eigenvalue weighted by Gasteiger charge is 2.09. The predicted molar refractivity (Wildman–Crippen MR) is 85.9 cm³/mol. The molecule has 0 spiro atoms. The van der Waals surface area contributed by atoms with Gasteiger partial charge in [0, 0.05) is 36.4 Å². The van der Waals surface area contributed by atoms with Crippen molar-refractivity contribution in [3.05, 3.63) is 54.6 Å². The molecule has 2 aromatic carbocycles. The van der Waals surface area contributed by atoms with Crippen LogP contribution in [0.4, 0.5) is 11.4 Å². The van der Waals surface area contributed by atoms with Gasteiger partial charge in [0.1, 0.15) is 0 Å². The molecule has 0 unspecified atom stereocenters. The lowest BCUT2D eigenvalue weighted by Gasteiger charge is -2.17. The zero-order chi connectivity index (χ0) is 14.1. The summed E-state index contributed by atoms with van der Waals surface area (Å²) in [6, 6.07) is 18.2. The number of pyridine rings is 1. The van der Waals surface area contributed by atoms with E-state index in [4.69, 9.17) is 10.7 Å². The van der Waals surface area contributed by atoms with Crippen molar-refractivity contribution in [1.82, 2.24) is 4.98 Å². The van der Waals surface area contributed by atoms with Gasteiger partial charge in [-0.25, -0.2) is 4.98 Å².